The Bertz CT molecular complexity index is 536. The van der Waals surface area contributed by atoms with E-state index in [-0.39, 0.29) is 24.0 Å². The van der Waals surface area contributed by atoms with Crippen molar-refractivity contribution >= 4 is 26.0 Å². The van der Waals surface area contributed by atoms with Crippen LogP contribution in [-0.4, -0.2) is 38.0 Å². The molecule has 0 bridgehead atoms. The van der Waals surface area contributed by atoms with Gasteiger partial charge in [0.1, 0.15) is 10.7 Å². The second kappa shape index (κ2) is 6.05. The zero-order valence-electron chi connectivity index (χ0n) is 9.53. The third-order valence-corrected chi connectivity index (χ3v) is 4.71. The topological polar surface area (TPSA) is 57.6 Å². The normalized spacial score (nSPS) is 12.1. The minimum absolute atomic E-state index is 0.0202. The van der Waals surface area contributed by atoms with Crippen molar-refractivity contribution in [2.24, 2.45) is 0 Å². The molecule has 4 nitrogen and oxygen atoms in total. The van der Waals surface area contributed by atoms with E-state index in [1.807, 2.05) is 0 Å². The monoisotopic (exact) mass is 343 g/mol. The zero-order chi connectivity index (χ0) is 13.9. The fraction of sp³-hybridized carbons (Fsp3) is 0.400. The van der Waals surface area contributed by atoms with E-state index in [1.165, 1.54) is 7.05 Å². The Hall–Kier alpha value is -0.570. The highest BCUT2D eigenvalue weighted by atomic mass is 79.9. The molecule has 0 spiro atoms. The summed E-state index contributed by atoms with van der Waals surface area (Å²) in [4.78, 5) is -0.727. The first-order valence-corrected chi connectivity index (χ1v) is 7.25. The van der Waals surface area contributed by atoms with Crippen molar-refractivity contribution in [1.29, 1.82) is 0 Å². The number of benzene rings is 1. The van der Waals surface area contributed by atoms with E-state index in [2.05, 4.69) is 15.9 Å². The number of hydrogen-bond acceptors (Lipinski definition) is 3. The summed E-state index contributed by atoms with van der Waals surface area (Å²) in [6.45, 7) is -0.165. The summed E-state index contributed by atoms with van der Waals surface area (Å²) >= 11 is 2.75. The first-order valence-electron chi connectivity index (χ1n) is 5.02. The lowest BCUT2D eigenvalue weighted by atomic mass is 10.3. The Morgan fingerprint density at radius 3 is 2.56 bits per heavy atom. The van der Waals surface area contributed by atoms with Crippen LogP contribution in [0.1, 0.15) is 6.42 Å². The van der Waals surface area contributed by atoms with Crippen molar-refractivity contribution < 1.29 is 22.3 Å². The quantitative estimate of drug-likeness (QED) is 0.828. The molecule has 0 heterocycles. The van der Waals surface area contributed by atoms with Gasteiger partial charge in [0, 0.05) is 20.2 Å². The molecule has 0 radical (unpaired) electrons. The van der Waals surface area contributed by atoms with Gasteiger partial charge in [-0.1, -0.05) is 0 Å². The Morgan fingerprint density at radius 1 is 1.39 bits per heavy atom. The smallest absolute Gasteiger partial charge is 0.245 e. The molecular formula is C10H12BrF2NO3S. The molecule has 0 aliphatic heterocycles. The lowest BCUT2D eigenvalue weighted by Crippen LogP contribution is -2.29. The van der Waals surface area contributed by atoms with E-state index in [1.54, 1.807) is 0 Å². The number of aliphatic hydroxyl groups excluding tert-OH is 1. The maximum Gasteiger partial charge on any atom is 0.245 e. The fourth-order valence-corrected chi connectivity index (χ4v) is 3.17. The molecule has 0 saturated carbocycles. The first-order chi connectivity index (χ1) is 8.30. The van der Waals surface area contributed by atoms with Gasteiger partial charge in [0.25, 0.3) is 0 Å². The van der Waals surface area contributed by atoms with Crippen LogP contribution in [0.2, 0.25) is 0 Å². The van der Waals surface area contributed by atoms with Crippen LogP contribution in [0.15, 0.2) is 21.5 Å². The van der Waals surface area contributed by atoms with Crippen LogP contribution in [0, 0.1) is 11.6 Å². The molecule has 0 amide bonds. The highest BCUT2D eigenvalue weighted by Gasteiger charge is 2.26. The number of nitrogens with zero attached hydrogens (tertiary/aromatic N) is 1. The van der Waals surface area contributed by atoms with Crippen LogP contribution >= 0.6 is 15.9 Å². The van der Waals surface area contributed by atoms with Crippen LogP contribution in [0.4, 0.5) is 8.78 Å². The number of sulfonamides is 1. The van der Waals surface area contributed by atoms with Crippen molar-refractivity contribution in [2.45, 2.75) is 11.3 Å². The van der Waals surface area contributed by atoms with E-state index in [9.17, 15) is 17.2 Å². The molecule has 0 aliphatic carbocycles. The Morgan fingerprint density at radius 2 is 2.00 bits per heavy atom. The van der Waals surface area contributed by atoms with Crippen molar-refractivity contribution in [3.63, 3.8) is 0 Å². The van der Waals surface area contributed by atoms with E-state index in [0.717, 1.165) is 10.4 Å². The molecule has 18 heavy (non-hydrogen) atoms. The average molecular weight is 344 g/mol. The van der Waals surface area contributed by atoms with Crippen molar-refractivity contribution in [3.8, 4) is 0 Å². The molecule has 0 saturated heterocycles. The van der Waals surface area contributed by atoms with Crippen LogP contribution in [0.3, 0.4) is 0 Å². The molecule has 1 rings (SSSR count). The lowest BCUT2D eigenvalue weighted by molar-refractivity contribution is 0.275. The molecule has 1 aromatic rings. The molecule has 0 atom stereocenters. The van der Waals surface area contributed by atoms with Gasteiger partial charge in [0.2, 0.25) is 10.0 Å². The third kappa shape index (κ3) is 3.25. The van der Waals surface area contributed by atoms with Gasteiger partial charge < -0.3 is 5.11 Å². The van der Waals surface area contributed by atoms with E-state index in [0.29, 0.717) is 6.07 Å². The Kier molecular flexibility index (Phi) is 5.20. The van der Waals surface area contributed by atoms with E-state index >= 15 is 0 Å². The molecular weight excluding hydrogens is 332 g/mol. The van der Waals surface area contributed by atoms with Gasteiger partial charge in [-0.2, -0.15) is 0 Å². The summed E-state index contributed by atoms with van der Waals surface area (Å²) < 4.78 is 51.4. The summed E-state index contributed by atoms with van der Waals surface area (Å²) in [7, 11) is -2.87. The first kappa shape index (κ1) is 15.5. The van der Waals surface area contributed by atoms with Crippen LogP contribution < -0.4 is 0 Å². The lowest BCUT2D eigenvalue weighted by Gasteiger charge is -2.17. The standard InChI is InChI=1S/C10H12BrF2NO3S/c1-14(3-2-4-15)18(16,17)9-6-7(12)5-8(11)10(9)13/h5-6,15H,2-4H2,1H3. The minimum atomic E-state index is -4.11. The number of rotatable bonds is 5. The Labute approximate surface area is 112 Å². The van der Waals surface area contributed by atoms with Gasteiger partial charge in [0.05, 0.1) is 4.47 Å². The Balaban J connectivity index is 3.20. The van der Waals surface area contributed by atoms with Crippen molar-refractivity contribution in [2.75, 3.05) is 20.2 Å². The molecule has 0 aliphatic rings. The molecule has 8 heteroatoms. The molecule has 0 fully saturated rings. The number of aliphatic hydroxyl groups is 1. The molecule has 0 aromatic heterocycles. The van der Waals surface area contributed by atoms with E-state index in [4.69, 9.17) is 5.11 Å². The average Bonchev–Trinajstić information content (AvgIpc) is 2.30. The molecule has 1 N–H and O–H groups in total. The summed E-state index contributed by atoms with van der Waals surface area (Å²) in [6, 6.07) is 1.48. The second-order valence-corrected chi connectivity index (χ2v) is 6.47. The molecule has 0 unspecified atom stereocenters. The van der Waals surface area contributed by atoms with Gasteiger partial charge in [0.15, 0.2) is 5.82 Å². The fourth-order valence-electron chi connectivity index (χ4n) is 1.30. The van der Waals surface area contributed by atoms with Gasteiger partial charge in [-0.05, 0) is 34.5 Å². The molecule has 1 aromatic carbocycles. The van der Waals surface area contributed by atoms with Crippen molar-refractivity contribution in [1.82, 2.24) is 4.31 Å². The minimum Gasteiger partial charge on any atom is -0.396 e. The van der Waals surface area contributed by atoms with Crippen LogP contribution in [0.25, 0.3) is 0 Å². The highest BCUT2D eigenvalue weighted by Crippen LogP contribution is 2.26. The molecule has 102 valence electrons. The zero-order valence-corrected chi connectivity index (χ0v) is 11.9. The predicted molar refractivity (Wildman–Crippen MR) is 65.6 cm³/mol. The summed E-state index contributed by atoms with van der Waals surface area (Å²) in [5.74, 6) is -1.88. The van der Waals surface area contributed by atoms with Crippen LogP contribution in [-0.2, 0) is 10.0 Å². The second-order valence-electron chi connectivity index (χ2n) is 3.60. The summed E-state index contributed by atoms with van der Waals surface area (Å²) in [6.07, 6.45) is 0.216. The largest absolute Gasteiger partial charge is 0.396 e. The predicted octanol–water partition coefficient (Wildman–Crippen LogP) is 1.73. The van der Waals surface area contributed by atoms with Gasteiger partial charge in [-0.25, -0.2) is 21.5 Å². The van der Waals surface area contributed by atoms with Gasteiger partial charge >= 0.3 is 0 Å². The summed E-state index contributed by atoms with van der Waals surface area (Å²) in [5, 5.41) is 8.63. The third-order valence-electron chi connectivity index (χ3n) is 2.28. The maximum absolute atomic E-state index is 13.7. The highest BCUT2D eigenvalue weighted by molar-refractivity contribution is 9.10. The number of halogens is 3. The maximum atomic E-state index is 13.7. The van der Waals surface area contributed by atoms with Gasteiger partial charge in [-0.15, -0.1) is 0 Å². The van der Waals surface area contributed by atoms with Gasteiger partial charge in [-0.3, -0.25) is 0 Å². The van der Waals surface area contributed by atoms with E-state index < -0.39 is 26.6 Å². The van der Waals surface area contributed by atoms with Crippen LogP contribution in [0.5, 0.6) is 0 Å². The summed E-state index contributed by atoms with van der Waals surface area (Å²) in [5.41, 5.74) is 0. The SMILES string of the molecule is CN(CCCO)S(=O)(=O)c1cc(F)cc(Br)c1F. The van der Waals surface area contributed by atoms with Crippen molar-refractivity contribution in [3.05, 3.63) is 28.2 Å². The number of hydrogen-bond donors (Lipinski definition) is 1.